The quantitative estimate of drug-likeness (QED) is 0.868. The van der Waals surface area contributed by atoms with Crippen LogP contribution >= 0.6 is 0 Å². The lowest BCUT2D eigenvalue weighted by Crippen LogP contribution is -2.46. The van der Waals surface area contributed by atoms with Crippen molar-refractivity contribution >= 4 is 11.6 Å². The number of aryl methyl sites for hydroxylation is 1. The summed E-state index contributed by atoms with van der Waals surface area (Å²) in [7, 11) is 0. The molecule has 0 bridgehead atoms. The van der Waals surface area contributed by atoms with Gasteiger partial charge in [0.25, 0.3) is 6.08 Å². The predicted octanol–water partition coefficient (Wildman–Crippen LogP) is 2.09. The Morgan fingerprint density at radius 1 is 1.30 bits per heavy atom. The van der Waals surface area contributed by atoms with E-state index in [-0.39, 0.29) is 24.3 Å². The number of hydrogen-bond acceptors (Lipinski definition) is 4. The number of amides is 1. The van der Waals surface area contributed by atoms with Crippen LogP contribution in [0.5, 0.6) is 0 Å². The van der Waals surface area contributed by atoms with Crippen molar-refractivity contribution in [1.82, 2.24) is 9.88 Å². The molecule has 7 heteroatoms. The molecule has 1 saturated heterocycles. The van der Waals surface area contributed by atoms with Crippen molar-refractivity contribution in [2.45, 2.75) is 38.1 Å². The highest BCUT2D eigenvalue weighted by atomic mass is 19.3. The molecule has 2 rings (SSSR count). The summed E-state index contributed by atoms with van der Waals surface area (Å²) >= 11 is 0. The molecule has 5 nitrogen and oxygen atoms in total. The van der Waals surface area contributed by atoms with Crippen LogP contribution in [0.2, 0.25) is 0 Å². The third kappa shape index (κ3) is 4.99. The second-order valence-corrected chi connectivity index (χ2v) is 5.77. The van der Waals surface area contributed by atoms with Gasteiger partial charge in [-0.15, -0.1) is 0 Å². The molecule has 0 spiro atoms. The van der Waals surface area contributed by atoms with Gasteiger partial charge in [0, 0.05) is 18.8 Å². The van der Waals surface area contributed by atoms with Crippen molar-refractivity contribution < 1.29 is 13.6 Å². The number of piperidine rings is 1. The van der Waals surface area contributed by atoms with Gasteiger partial charge in [0.05, 0.1) is 17.9 Å². The van der Waals surface area contributed by atoms with E-state index in [1.54, 1.807) is 17.2 Å². The molecule has 126 valence electrons. The highest BCUT2D eigenvalue weighted by Gasteiger charge is 2.25. The Labute approximate surface area is 134 Å². The first kappa shape index (κ1) is 17.3. The third-order valence-corrected chi connectivity index (χ3v) is 4.06. The smallest absolute Gasteiger partial charge is 0.269 e. The van der Waals surface area contributed by atoms with Gasteiger partial charge in [-0.3, -0.25) is 9.78 Å². The molecule has 4 N–H and O–H groups in total. The lowest BCUT2D eigenvalue weighted by atomic mass is 10.0. The van der Waals surface area contributed by atoms with Gasteiger partial charge in [-0.2, -0.15) is 8.78 Å². The van der Waals surface area contributed by atoms with E-state index in [4.69, 9.17) is 11.5 Å². The molecule has 1 fully saturated rings. The van der Waals surface area contributed by atoms with E-state index in [0.29, 0.717) is 25.2 Å². The monoisotopic (exact) mass is 324 g/mol. The summed E-state index contributed by atoms with van der Waals surface area (Å²) in [4.78, 5) is 18.0. The van der Waals surface area contributed by atoms with Crippen LogP contribution in [0.4, 0.5) is 14.5 Å². The number of halogens is 2. The maximum absolute atomic E-state index is 12.5. The number of nitrogens with two attached hydrogens (primary N) is 2. The van der Waals surface area contributed by atoms with Gasteiger partial charge >= 0.3 is 0 Å². The summed E-state index contributed by atoms with van der Waals surface area (Å²) < 4.78 is 25.0. The van der Waals surface area contributed by atoms with Gasteiger partial charge in [0.2, 0.25) is 5.91 Å². The van der Waals surface area contributed by atoms with Crippen molar-refractivity contribution in [2.24, 2.45) is 5.73 Å². The number of likely N-dealkylation sites (tertiary alicyclic amines) is 1. The Kier molecular flexibility index (Phi) is 6.04. The average molecular weight is 324 g/mol. The minimum absolute atomic E-state index is 0.150. The van der Waals surface area contributed by atoms with E-state index >= 15 is 0 Å². The maximum Gasteiger partial charge on any atom is 0.269 e. The van der Waals surface area contributed by atoms with Crippen molar-refractivity contribution in [3.8, 4) is 0 Å². The van der Waals surface area contributed by atoms with E-state index in [2.05, 4.69) is 4.98 Å². The van der Waals surface area contributed by atoms with Gasteiger partial charge < -0.3 is 16.4 Å². The van der Waals surface area contributed by atoms with Crippen LogP contribution in [0.15, 0.2) is 30.0 Å². The van der Waals surface area contributed by atoms with Crippen LogP contribution in [0.25, 0.3) is 0 Å². The molecule has 0 aliphatic carbocycles. The number of rotatable bonds is 5. The number of hydrogen-bond donors (Lipinski definition) is 2. The molecule has 0 radical (unpaired) electrons. The van der Waals surface area contributed by atoms with Gasteiger partial charge in [-0.1, -0.05) is 0 Å². The van der Waals surface area contributed by atoms with Crippen molar-refractivity contribution in [1.29, 1.82) is 0 Å². The molecular weight excluding hydrogens is 302 g/mol. The van der Waals surface area contributed by atoms with E-state index in [1.165, 1.54) is 0 Å². The van der Waals surface area contributed by atoms with Crippen molar-refractivity contribution in [3.05, 3.63) is 35.7 Å². The first-order valence-electron chi connectivity index (χ1n) is 7.75. The number of carbonyl (C=O) groups excluding carboxylic acids is 1. The maximum atomic E-state index is 12.5. The van der Waals surface area contributed by atoms with Crippen LogP contribution < -0.4 is 11.5 Å². The summed E-state index contributed by atoms with van der Waals surface area (Å²) in [5.74, 6) is -0.159. The number of aromatic nitrogens is 1. The first-order valence-corrected chi connectivity index (χ1v) is 7.75. The Hall–Kier alpha value is -2.02. The Morgan fingerprint density at radius 2 is 2.00 bits per heavy atom. The fourth-order valence-corrected chi connectivity index (χ4v) is 2.63. The number of carbonyl (C=O) groups is 1. The molecule has 1 aliphatic heterocycles. The molecule has 0 saturated carbocycles. The second-order valence-electron chi connectivity index (χ2n) is 5.77. The first-order chi connectivity index (χ1) is 11.0. The molecule has 0 aromatic carbocycles. The third-order valence-electron chi connectivity index (χ3n) is 4.06. The summed E-state index contributed by atoms with van der Waals surface area (Å²) in [5, 5.41) is 0. The molecule has 1 amide bonds. The standard InChI is InChI=1S/C16H22F2N4O/c17-15(18)11-6-8-22(9-7-11)16(23)14(20)3-1-2-13-5-4-12(19)10-21-13/h4-5,10,14H,1-3,6-9,19-20H2/t14-/m0/s1. The normalized spacial score (nSPS) is 16.3. The van der Waals surface area contributed by atoms with Crippen molar-refractivity contribution in [3.63, 3.8) is 0 Å². The lowest BCUT2D eigenvalue weighted by molar-refractivity contribution is -0.133. The van der Waals surface area contributed by atoms with E-state index in [1.807, 2.05) is 6.07 Å². The predicted molar refractivity (Wildman–Crippen MR) is 84.6 cm³/mol. The summed E-state index contributed by atoms with van der Waals surface area (Å²) in [6, 6.07) is 3.05. The molecule has 23 heavy (non-hydrogen) atoms. The SMILES string of the molecule is Nc1ccc(CCC[C@H](N)C(=O)N2CCC(=C(F)F)CC2)nc1. The molecule has 1 atom stereocenters. The number of nitrogen functional groups attached to an aromatic ring is 1. The van der Waals surface area contributed by atoms with Crippen LogP contribution in [0, 0.1) is 0 Å². The van der Waals surface area contributed by atoms with Gasteiger partial charge in [0.1, 0.15) is 0 Å². The summed E-state index contributed by atoms with van der Waals surface area (Å²) in [6.07, 6.45) is 2.46. The van der Waals surface area contributed by atoms with E-state index < -0.39 is 12.1 Å². The van der Waals surface area contributed by atoms with Crippen LogP contribution in [-0.2, 0) is 11.2 Å². The number of anilines is 1. The molecule has 1 aromatic rings. The van der Waals surface area contributed by atoms with Crippen LogP contribution in [-0.4, -0.2) is 34.9 Å². The lowest BCUT2D eigenvalue weighted by Gasteiger charge is -2.30. The zero-order valence-electron chi connectivity index (χ0n) is 13.0. The van der Waals surface area contributed by atoms with Gasteiger partial charge in [0.15, 0.2) is 0 Å². The summed E-state index contributed by atoms with van der Waals surface area (Å²) in [5.41, 5.74) is 13.2. The average Bonchev–Trinajstić information content (AvgIpc) is 2.56. The highest BCUT2D eigenvalue weighted by molar-refractivity contribution is 5.81. The topological polar surface area (TPSA) is 85.2 Å². The fourth-order valence-electron chi connectivity index (χ4n) is 2.63. The largest absolute Gasteiger partial charge is 0.397 e. The molecule has 2 heterocycles. The molecule has 0 unspecified atom stereocenters. The second kappa shape index (κ2) is 8.01. The van der Waals surface area contributed by atoms with Gasteiger partial charge in [-0.05, 0) is 49.8 Å². The zero-order valence-corrected chi connectivity index (χ0v) is 13.0. The van der Waals surface area contributed by atoms with Crippen LogP contribution in [0.1, 0.15) is 31.4 Å². The number of nitrogens with zero attached hydrogens (tertiary/aromatic N) is 2. The Bertz CT molecular complexity index is 560. The minimum atomic E-state index is -1.61. The molecular formula is C16H22F2N4O. The molecule has 1 aromatic heterocycles. The van der Waals surface area contributed by atoms with Crippen LogP contribution in [0.3, 0.4) is 0 Å². The Morgan fingerprint density at radius 3 is 2.57 bits per heavy atom. The highest BCUT2D eigenvalue weighted by Crippen LogP contribution is 2.22. The van der Waals surface area contributed by atoms with Gasteiger partial charge in [-0.25, -0.2) is 0 Å². The van der Waals surface area contributed by atoms with E-state index in [9.17, 15) is 13.6 Å². The zero-order chi connectivity index (χ0) is 16.8. The molecule has 1 aliphatic rings. The fraction of sp³-hybridized carbons (Fsp3) is 0.500. The summed E-state index contributed by atoms with van der Waals surface area (Å²) in [6.45, 7) is 0.636. The van der Waals surface area contributed by atoms with E-state index in [0.717, 1.165) is 18.5 Å². The minimum Gasteiger partial charge on any atom is -0.397 e. The Balaban J connectivity index is 1.75. The number of pyridine rings is 1. The van der Waals surface area contributed by atoms with Crippen molar-refractivity contribution in [2.75, 3.05) is 18.8 Å².